The number of aromatic nitrogens is 2. The van der Waals surface area contributed by atoms with Crippen LogP contribution in [0.3, 0.4) is 0 Å². The topological polar surface area (TPSA) is 92.6 Å². The lowest BCUT2D eigenvalue weighted by Gasteiger charge is -2.23. The number of rotatable bonds is 10. The predicted octanol–water partition coefficient (Wildman–Crippen LogP) is 7.19. The molecule has 0 aliphatic carbocycles. The maximum Gasteiger partial charge on any atom is 0.301 e. The van der Waals surface area contributed by atoms with E-state index in [1.165, 1.54) is 33.6 Å². The van der Waals surface area contributed by atoms with E-state index in [2.05, 4.69) is 48.3 Å². The average molecular weight is 586 g/mol. The Morgan fingerprint density at radius 3 is 2.51 bits per heavy atom. The van der Waals surface area contributed by atoms with Crippen molar-refractivity contribution in [3.63, 3.8) is 0 Å². The van der Waals surface area contributed by atoms with Crippen LogP contribution in [0.4, 0.5) is 5.13 Å². The van der Waals surface area contributed by atoms with Crippen LogP contribution in [0, 0.1) is 12.8 Å². The number of hydrogen-bond acceptors (Lipinski definition) is 8. The van der Waals surface area contributed by atoms with Crippen LogP contribution in [0.5, 0.6) is 5.75 Å². The maximum atomic E-state index is 13.5. The van der Waals surface area contributed by atoms with E-state index >= 15 is 0 Å². The smallest absolute Gasteiger partial charge is 0.301 e. The summed E-state index contributed by atoms with van der Waals surface area (Å²) in [4.78, 5) is 28.3. The van der Waals surface area contributed by atoms with Crippen molar-refractivity contribution in [3.05, 3.63) is 107 Å². The number of carbonyl (C=O) groups excluding carboxylic acids is 2. The number of Topliss-reactive ketones (excluding diaryl/α,β-unsaturated/α-hetero) is 1. The number of aliphatic hydroxyl groups excluding tert-OH is 1. The van der Waals surface area contributed by atoms with Gasteiger partial charge in [-0.1, -0.05) is 109 Å². The largest absolute Gasteiger partial charge is 0.507 e. The second kappa shape index (κ2) is 12.7. The van der Waals surface area contributed by atoms with Gasteiger partial charge >= 0.3 is 5.91 Å². The normalized spacial score (nSPS) is 16.5. The van der Waals surface area contributed by atoms with Crippen molar-refractivity contribution in [2.75, 3.05) is 11.5 Å². The summed E-state index contributed by atoms with van der Waals surface area (Å²) in [5.41, 5.74) is 3.43. The molecule has 1 aromatic heterocycles. The number of aryl methyl sites for hydroxylation is 1. The first-order valence-corrected chi connectivity index (χ1v) is 15.2. The molecule has 1 amide bonds. The number of hydrogen-bond donors (Lipinski definition) is 1. The molecule has 5 rings (SSSR count). The first-order chi connectivity index (χ1) is 19.8. The van der Waals surface area contributed by atoms with E-state index in [0.717, 1.165) is 12.0 Å². The molecule has 1 aliphatic heterocycles. The first kappa shape index (κ1) is 28.6. The van der Waals surface area contributed by atoms with Gasteiger partial charge in [0.05, 0.1) is 18.2 Å². The summed E-state index contributed by atoms with van der Waals surface area (Å²) in [5, 5.41) is 20.2. The summed E-state index contributed by atoms with van der Waals surface area (Å²) in [6, 6.07) is 23.5. The van der Waals surface area contributed by atoms with Crippen LogP contribution in [0.25, 0.3) is 5.76 Å². The summed E-state index contributed by atoms with van der Waals surface area (Å²) in [7, 11) is 0. The Hall–Kier alpha value is -3.95. The van der Waals surface area contributed by atoms with Gasteiger partial charge < -0.3 is 9.84 Å². The van der Waals surface area contributed by atoms with Crippen molar-refractivity contribution in [1.82, 2.24) is 10.2 Å². The molecule has 0 spiro atoms. The fourth-order valence-electron chi connectivity index (χ4n) is 4.47. The molecule has 7 nitrogen and oxygen atoms in total. The van der Waals surface area contributed by atoms with E-state index in [0.29, 0.717) is 44.6 Å². The minimum Gasteiger partial charge on any atom is -0.507 e. The summed E-state index contributed by atoms with van der Waals surface area (Å²) in [6.45, 7) is 6.85. The Kier molecular flexibility index (Phi) is 8.85. The van der Waals surface area contributed by atoms with Gasteiger partial charge in [-0.2, -0.15) is 0 Å². The number of nitrogens with zero attached hydrogens (tertiary/aromatic N) is 3. The molecule has 1 unspecified atom stereocenters. The van der Waals surface area contributed by atoms with Gasteiger partial charge in [0.1, 0.15) is 11.5 Å². The van der Waals surface area contributed by atoms with E-state index in [1.54, 1.807) is 24.3 Å². The SMILES string of the molecule is Cc1ccc(CSc2nnc(N3C(=O)C(=O)/C(=C(/O)c4ccccc4)C3c3cccc(OCCC(C)C)c3)s2)cc1. The molecular formula is C32H31N3O4S2. The lowest BCUT2D eigenvalue weighted by Crippen LogP contribution is -2.29. The van der Waals surface area contributed by atoms with E-state index in [1.807, 2.05) is 37.3 Å². The molecule has 9 heteroatoms. The zero-order valence-electron chi connectivity index (χ0n) is 23.1. The number of amides is 1. The van der Waals surface area contributed by atoms with Crippen LogP contribution in [0.2, 0.25) is 0 Å². The molecule has 1 atom stereocenters. The third-order valence-electron chi connectivity index (χ3n) is 6.71. The summed E-state index contributed by atoms with van der Waals surface area (Å²) in [5.74, 6) is 0.0464. The number of thioether (sulfide) groups is 1. The van der Waals surface area contributed by atoms with Crippen LogP contribution >= 0.6 is 23.1 Å². The zero-order valence-corrected chi connectivity index (χ0v) is 24.7. The monoisotopic (exact) mass is 585 g/mol. The highest BCUT2D eigenvalue weighted by Crippen LogP contribution is 2.44. The number of ketones is 1. The molecule has 2 heterocycles. The van der Waals surface area contributed by atoms with Crippen LogP contribution in [-0.4, -0.2) is 33.6 Å². The predicted molar refractivity (Wildman–Crippen MR) is 163 cm³/mol. The Bertz CT molecular complexity index is 1570. The summed E-state index contributed by atoms with van der Waals surface area (Å²) < 4.78 is 6.66. The van der Waals surface area contributed by atoms with Crippen molar-refractivity contribution in [2.24, 2.45) is 5.92 Å². The number of benzene rings is 3. The number of ether oxygens (including phenoxy) is 1. The van der Waals surface area contributed by atoms with Gasteiger partial charge in [-0.15, -0.1) is 10.2 Å². The fourth-order valence-corrected chi connectivity index (χ4v) is 6.29. The molecule has 1 aliphatic rings. The lowest BCUT2D eigenvalue weighted by atomic mass is 9.95. The van der Waals surface area contributed by atoms with E-state index in [4.69, 9.17) is 4.74 Å². The van der Waals surface area contributed by atoms with E-state index < -0.39 is 17.7 Å². The Labute approximate surface area is 247 Å². The molecular weight excluding hydrogens is 555 g/mol. The Morgan fingerprint density at radius 2 is 1.78 bits per heavy atom. The molecule has 41 heavy (non-hydrogen) atoms. The van der Waals surface area contributed by atoms with Crippen molar-refractivity contribution < 1.29 is 19.4 Å². The van der Waals surface area contributed by atoms with E-state index in [-0.39, 0.29) is 11.3 Å². The van der Waals surface area contributed by atoms with Crippen LogP contribution < -0.4 is 9.64 Å². The van der Waals surface area contributed by atoms with E-state index in [9.17, 15) is 14.7 Å². The molecule has 3 aromatic carbocycles. The number of aliphatic hydroxyl groups is 1. The second-order valence-electron chi connectivity index (χ2n) is 10.3. The maximum absolute atomic E-state index is 13.5. The fraction of sp³-hybridized carbons (Fsp3) is 0.250. The highest BCUT2D eigenvalue weighted by Gasteiger charge is 2.48. The van der Waals surface area contributed by atoms with Crippen molar-refractivity contribution in [2.45, 2.75) is 43.3 Å². The highest BCUT2D eigenvalue weighted by molar-refractivity contribution is 8.00. The van der Waals surface area contributed by atoms with Gasteiger partial charge in [-0.25, -0.2) is 0 Å². The molecule has 1 fully saturated rings. The average Bonchev–Trinajstić information content (AvgIpc) is 3.54. The second-order valence-corrected chi connectivity index (χ2v) is 12.4. The van der Waals surface area contributed by atoms with Gasteiger partial charge in [0.15, 0.2) is 4.34 Å². The Balaban J connectivity index is 1.51. The van der Waals surface area contributed by atoms with Gasteiger partial charge in [0, 0.05) is 11.3 Å². The quantitative estimate of drug-likeness (QED) is 0.0692. The van der Waals surface area contributed by atoms with Crippen LogP contribution in [0.15, 0.2) is 88.8 Å². The summed E-state index contributed by atoms with van der Waals surface area (Å²) in [6.07, 6.45) is 0.893. The van der Waals surface area contributed by atoms with Gasteiger partial charge in [-0.05, 0) is 42.5 Å². The molecule has 4 aromatic rings. The molecule has 0 saturated carbocycles. The Morgan fingerprint density at radius 1 is 1.02 bits per heavy atom. The zero-order chi connectivity index (χ0) is 28.9. The van der Waals surface area contributed by atoms with Crippen LogP contribution in [-0.2, 0) is 15.3 Å². The molecule has 1 N–H and O–H groups in total. The minimum absolute atomic E-state index is 0.00425. The first-order valence-electron chi connectivity index (χ1n) is 13.4. The third-order valence-corrected chi connectivity index (χ3v) is 8.84. The molecule has 0 radical (unpaired) electrons. The summed E-state index contributed by atoms with van der Waals surface area (Å²) >= 11 is 2.76. The minimum atomic E-state index is -0.897. The molecule has 1 saturated heterocycles. The van der Waals surface area contributed by atoms with Crippen molar-refractivity contribution in [3.8, 4) is 5.75 Å². The van der Waals surface area contributed by atoms with Crippen molar-refractivity contribution >= 4 is 45.7 Å². The standard InChI is InChI=1S/C32H31N3O4S2/c1-20(2)16-17-39-25-11-7-10-24(18-25)27-26(28(36)23-8-5-4-6-9-23)29(37)30(38)35(27)31-33-34-32(41-31)40-19-22-14-12-21(3)13-15-22/h4-15,18,20,27,36H,16-17,19H2,1-3H3/b28-26+. The third kappa shape index (κ3) is 6.52. The van der Waals surface area contributed by atoms with Gasteiger partial charge in [-0.3, -0.25) is 14.5 Å². The molecule has 210 valence electrons. The number of carbonyl (C=O) groups is 2. The molecule has 0 bridgehead atoms. The lowest BCUT2D eigenvalue weighted by molar-refractivity contribution is -0.132. The van der Waals surface area contributed by atoms with Gasteiger partial charge in [0.2, 0.25) is 5.13 Å². The van der Waals surface area contributed by atoms with Crippen molar-refractivity contribution in [1.29, 1.82) is 0 Å². The number of anilines is 1. The van der Waals surface area contributed by atoms with Gasteiger partial charge in [0.25, 0.3) is 5.78 Å². The van der Waals surface area contributed by atoms with Crippen LogP contribution in [0.1, 0.15) is 48.6 Å². The highest BCUT2D eigenvalue weighted by atomic mass is 32.2.